The zero-order chi connectivity index (χ0) is 44.2. The molecule has 312 valence electrons. The van der Waals surface area contributed by atoms with Gasteiger partial charge in [0.2, 0.25) is 0 Å². The third kappa shape index (κ3) is 8.49. The van der Waals surface area contributed by atoms with Gasteiger partial charge in [0.25, 0.3) is 0 Å². The lowest BCUT2D eigenvalue weighted by Crippen LogP contribution is -2.26. The van der Waals surface area contributed by atoms with E-state index in [9.17, 15) is 8.78 Å². The van der Waals surface area contributed by atoms with Gasteiger partial charge in [-0.2, -0.15) is 0 Å². The van der Waals surface area contributed by atoms with Gasteiger partial charge in [0.15, 0.2) is 11.0 Å². The first kappa shape index (κ1) is 42.0. The van der Waals surface area contributed by atoms with E-state index >= 15 is 0 Å². The van der Waals surface area contributed by atoms with Crippen LogP contribution in [0.15, 0.2) is 173 Å². The number of fused-ring (bicyclic) bond motifs is 5. The van der Waals surface area contributed by atoms with Gasteiger partial charge in [-0.1, -0.05) is 123 Å². The number of anilines is 3. The summed E-state index contributed by atoms with van der Waals surface area (Å²) >= 11 is 0. The van der Waals surface area contributed by atoms with Gasteiger partial charge in [-0.3, -0.25) is 0 Å². The van der Waals surface area contributed by atoms with E-state index in [4.69, 9.17) is 8.83 Å². The van der Waals surface area contributed by atoms with Crippen LogP contribution in [0.3, 0.4) is 0 Å². The number of halogens is 2. The second-order valence-corrected chi connectivity index (χ2v) is 15.6. The molecule has 2 heterocycles. The van der Waals surface area contributed by atoms with Gasteiger partial charge in [-0.05, 0) is 126 Å². The Kier molecular flexibility index (Phi) is 12.1. The molecule has 0 spiro atoms. The monoisotopic (exact) mass is 830 g/mol. The molecule has 0 radical (unpaired) electrons. The second-order valence-electron chi connectivity index (χ2n) is 15.6. The smallest absolute Gasteiger partial charge is 0.158 e. The number of rotatable bonds is 8. The number of hydrogen-bond donors (Lipinski definition) is 0. The summed E-state index contributed by atoms with van der Waals surface area (Å²) in [6.07, 6.45) is 18.8. The van der Waals surface area contributed by atoms with Crippen LogP contribution in [0.5, 0.6) is 0 Å². The maximum absolute atomic E-state index is 13.8. The van der Waals surface area contributed by atoms with Crippen molar-refractivity contribution in [2.24, 2.45) is 0 Å². The van der Waals surface area contributed by atoms with Gasteiger partial charge >= 0.3 is 0 Å². The van der Waals surface area contributed by atoms with Crippen molar-refractivity contribution < 1.29 is 17.6 Å². The summed E-state index contributed by atoms with van der Waals surface area (Å²) in [6.45, 7) is 18.2. The van der Waals surface area contributed by atoms with Crippen LogP contribution in [0.2, 0.25) is 0 Å². The molecule has 1 aliphatic carbocycles. The van der Waals surface area contributed by atoms with Crippen molar-refractivity contribution in [2.75, 3.05) is 16.8 Å². The molecule has 1 aliphatic rings. The normalized spacial score (nSPS) is 13.5. The Bertz CT molecular complexity index is 3380. The molecule has 0 unspecified atom stereocenters. The Labute approximate surface area is 366 Å². The zero-order valence-corrected chi connectivity index (χ0v) is 36.0. The van der Waals surface area contributed by atoms with Crippen molar-refractivity contribution in [1.29, 1.82) is 0 Å². The van der Waals surface area contributed by atoms with E-state index in [2.05, 4.69) is 75.2 Å². The van der Waals surface area contributed by atoms with Crippen molar-refractivity contribution in [1.82, 2.24) is 0 Å². The lowest BCUT2D eigenvalue weighted by molar-refractivity contribution is 0.572. The Morgan fingerprint density at radius 2 is 1.41 bits per heavy atom. The predicted octanol–water partition coefficient (Wildman–Crippen LogP) is 12.5. The molecule has 0 aliphatic heterocycles. The molecule has 8 aromatic rings. The summed E-state index contributed by atoms with van der Waals surface area (Å²) in [5, 5.41) is 7.34. The van der Waals surface area contributed by atoms with E-state index in [1.165, 1.54) is 29.8 Å². The summed E-state index contributed by atoms with van der Waals surface area (Å²) in [5.74, 6) is 0.433. The van der Waals surface area contributed by atoms with Crippen molar-refractivity contribution in [3.63, 3.8) is 0 Å². The summed E-state index contributed by atoms with van der Waals surface area (Å²) in [6, 6.07) is 35.5. The molecule has 0 N–H and O–H groups in total. The second kappa shape index (κ2) is 18.1. The maximum atomic E-state index is 13.8. The highest BCUT2D eigenvalue weighted by Crippen LogP contribution is 2.39. The van der Waals surface area contributed by atoms with Crippen molar-refractivity contribution in [3.8, 4) is 0 Å². The molecule has 0 amide bonds. The number of allylic oxidation sites excluding steroid dienone is 7. The Morgan fingerprint density at radius 1 is 0.730 bits per heavy atom. The molecule has 2 aromatic heterocycles. The highest BCUT2D eigenvalue weighted by Gasteiger charge is 2.20. The minimum atomic E-state index is -0.287. The quantitative estimate of drug-likeness (QED) is 0.153. The first-order valence-electron chi connectivity index (χ1n) is 20.8. The number of aryl methyl sites for hydroxylation is 1. The SMILES string of the molecule is C=C/C=c1\c(=C\N(/C(C)=C/C=c2/ccc(=C)c3c(C=C)cccc23)c2ccc(F)cc2)oc2c(C)cccc12.CC1=CC=CCc2c1oc1c(N(C)c3ccc(F)cc3)cccc21. The molecule has 0 bridgehead atoms. The van der Waals surface area contributed by atoms with Crippen LogP contribution in [0.1, 0.15) is 36.3 Å². The van der Waals surface area contributed by atoms with Crippen LogP contribution >= 0.6 is 0 Å². The Hall–Kier alpha value is -7.70. The van der Waals surface area contributed by atoms with Gasteiger partial charge < -0.3 is 18.6 Å². The lowest BCUT2D eigenvalue weighted by Gasteiger charge is -2.20. The molecule has 0 saturated carbocycles. The van der Waals surface area contributed by atoms with Gasteiger partial charge in [0.05, 0.1) is 11.9 Å². The summed E-state index contributed by atoms with van der Waals surface area (Å²) in [5.41, 5.74) is 10.5. The average Bonchev–Trinajstić information content (AvgIpc) is 3.79. The zero-order valence-electron chi connectivity index (χ0n) is 36.0. The lowest BCUT2D eigenvalue weighted by atomic mass is 10.0. The summed E-state index contributed by atoms with van der Waals surface area (Å²) < 4.78 is 39.7. The summed E-state index contributed by atoms with van der Waals surface area (Å²) in [7, 11) is 1.97. The van der Waals surface area contributed by atoms with E-state index < -0.39 is 0 Å². The summed E-state index contributed by atoms with van der Waals surface area (Å²) in [4.78, 5) is 4.04. The predicted molar refractivity (Wildman–Crippen MR) is 262 cm³/mol. The molecule has 6 heteroatoms. The fraction of sp³-hybridized carbons (Fsp3) is 0.0877. The first-order valence-corrected chi connectivity index (χ1v) is 20.8. The number of nitrogens with zero attached hydrogens (tertiary/aromatic N) is 2. The van der Waals surface area contributed by atoms with Crippen LogP contribution in [-0.2, 0) is 6.42 Å². The van der Waals surface area contributed by atoms with E-state index in [0.29, 0.717) is 5.42 Å². The van der Waals surface area contributed by atoms with Crippen molar-refractivity contribution >= 4 is 86.4 Å². The standard InChI is InChI=1S/C36H30FNO.C21H18FNO/c1-6-10-32-33-14-8-11-25(4)36(33)39-34(32)23-38(30-21-19-29(37)20-22-30)26(5)16-18-28-17-15-24(3)35-27(7-2)12-9-13-31(28)35;1-14-6-3-4-7-17-18-8-5-9-19(21(18)24-20(14)17)23(2)16-12-10-15(22)11-13-16/h6-23H,1-3H2,4-5H3;3-6,8-13H,7H2,1-2H3/b26-16+,28-18-,32-10-,34-23-;. The maximum Gasteiger partial charge on any atom is 0.158 e. The van der Waals surface area contributed by atoms with Crippen molar-refractivity contribution in [2.45, 2.75) is 27.2 Å². The van der Waals surface area contributed by atoms with Crippen LogP contribution < -0.4 is 30.9 Å². The van der Waals surface area contributed by atoms with Gasteiger partial charge in [-0.25, -0.2) is 8.78 Å². The molecule has 4 nitrogen and oxygen atoms in total. The highest BCUT2D eigenvalue weighted by atomic mass is 19.1. The van der Waals surface area contributed by atoms with Crippen LogP contribution in [0.4, 0.5) is 25.8 Å². The average molecular weight is 831 g/mol. The third-order valence-corrected chi connectivity index (χ3v) is 11.4. The number of furan rings is 2. The highest BCUT2D eigenvalue weighted by molar-refractivity contribution is 5.97. The van der Waals surface area contributed by atoms with Gasteiger partial charge in [0, 0.05) is 45.7 Å². The third-order valence-electron chi connectivity index (χ3n) is 11.4. The Morgan fingerprint density at radius 3 is 2.14 bits per heavy atom. The van der Waals surface area contributed by atoms with Crippen LogP contribution in [0, 0.1) is 18.6 Å². The van der Waals surface area contributed by atoms with Crippen molar-refractivity contribution in [3.05, 3.63) is 220 Å². The van der Waals surface area contributed by atoms with Gasteiger partial charge in [0.1, 0.15) is 23.0 Å². The molecule has 0 saturated heterocycles. The largest absolute Gasteiger partial charge is 0.454 e. The van der Waals surface area contributed by atoms with Crippen LogP contribution in [0.25, 0.3) is 69.3 Å². The molecule has 6 aromatic carbocycles. The Balaban J connectivity index is 0.000000193. The molecule has 9 rings (SSSR count). The minimum absolute atomic E-state index is 0.234. The number of benzene rings is 6. The fourth-order valence-electron chi connectivity index (χ4n) is 8.14. The minimum Gasteiger partial charge on any atom is -0.454 e. The molecule has 0 atom stereocenters. The molecule has 63 heavy (non-hydrogen) atoms. The van der Waals surface area contributed by atoms with Gasteiger partial charge in [-0.15, -0.1) is 0 Å². The van der Waals surface area contributed by atoms with E-state index in [1.54, 1.807) is 30.3 Å². The first-order chi connectivity index (χ1) is 30.6. The molecular formula is C57H48F2N2O2. The molecular weight excluding hydrogens is 783 g/mol. The van der Waals surface area contributed by atoms with Crippen LogP contribution in [-0.4, -0.2) is 7.05 Å². The topological polar surface area (TPSA) is 32.8 Å². The van der Waals surface area contributed by atoms with E-state index in [-0.39, 0.29) is 11.6 Å². The number of hydrogen-bond acceptors (Lipinski definition) is 4. The van der Waals surface area contributed by atoms with E-state index in [1.807, 2.05) is 97.6 Å². The molecule has 0 fully saturated rings. The van der Waals surface area contributed by atoms with E-state index in [0.717, 1.165) is 100 Å². The fourth-order valence-corrected chi connectivity index (χ4v) is 8.14. The number of para-hydroxylation sites is 2.